The van der Waals surface area contributed by atoms with Crippen molar-refractivity contribution in [2.75, 3.05) is 24.6 Å². The van der Waals surface area contributed by atoms with Crippen molar-refractivity contribution in [1.82, 2.24) is 0 Å². The van der Waals surface area contributed by atoms with Crippen LogP contribution < -0.4 is 10.6 Å². The number of hydrogen-bond donors (Lipinski definition) is 3. The summed E-state index contributed by atoms with van der Waals surface area (Å²) in [5.41, 5.74) is 8.70. The van der Waals surface area contributed by atoms with Gasteiger partial charge in [-0.25, -0.2) is 0 Å². The lowest BCUT2D eigenvalue weighted by Gasteiger charge is -2.35. The van der Waals surface area contributed by atoms with Crippen molar-refractivity contribution in [3.05, 3.63) is 29.3 Å². The molecule has 1 aromatic rings. The van der Waals surface area contributed by atoms with E-state index in [0.29, 0.717) is 5.92 Å². The molecule has 1 heterocycles. The summed E-state index contributed by atoms with van der Waals surface area (Å²) >= 11 is 0. The highest BCUT2D eigenvalue weighted by atomic mass is 16.3. The molecular weight excluding hydrogens is 238 g/mol. The Hall–Kier alpha value is -1.55. The van der Waals surface area contributed by atoms with E-state index < -0.39 is 0 Å². The van der Waals surface area contributed by atoms with Crippen LogP contribution in [0.15, 0.2) is 18.2 Å². The monoisotopic (exact) mass is 261 g/mol. The Morgan fingerprint density at radius 1 is 1.53 bits per heavy atom. The third-order valence-electron chi connectivity index (χ3n) is 3.84. The summed E-state index contributed by atoms with van der Waals surface area (Å²) < 4.78 is 0. The van der Waals surface area contributed by atoms with Crippen LogP contribution in [0.5, 0.6) is 0 Å². The molecule has 104 valence electrons. The zero-order valence-electron chi connectivity index (χ0n) is 11.5. The number of aliphatic hydroxyl groups excluding tert-OH is 1. The zero-order chi connectivity index (χ0) is 13.8. The van der Waals surface area contributed by atoms with Gasteiger partial charge in [0.25, 0.3) is 0 Å². The van der Waals surface area contributed by atoms with Crippen LogP contribution in [0.3, 0.4) is 0 Å². The highest BCUT2D eigenvalue weighted by Crippen LogP contribution is 2.28. The SMILES string of the molecule is Cc1ccc(N2CCCC(CCO)C2)c(C(=N)N)c1. The van der Waals surface area contributed by atoms with Gasteiger partial charge in [0.1, 0.15) is 5.84 Å². The lowest BCUT2D eigenvalue weighted by Crippen LogP contribution is -2.37. The minimum atomic E-state index is 0.128. The van der Waals surface area contributed by atoms with Gasteiger partial charge >= 0.3 is 0 Å². The fourth-order valence-corrected chi connectivity index (χ4v) is 2.84. The maximum atomic E-state index is 9.08. The number of nitrogens with two attached hydrogens (primary N) is 1. The van der Waals surface area contributed by atoms with Gasteiger partial charge in [0, 0.05) is 30.9 Å². The van der Waals surface area contributed by atoms with Gasteiger partial charge in [0.05, 0.1) is 0 Å². The van der Waals surface area contributed by atoms with E-state index in [1.54, 1.807) is 0 Å². The van der Waals surface area contributed by atoms with E-state index in [0.717, 1.165) is 42.7 Å². The molecular formula is C15H23N3O. The molecule has 0 amide bonds. The minimum absolute atomic E-state index is 0.128. The Morgan fingerprint density at radius 2 is 2.32 bits per heavy atom. The average Bonchev–Trinajstić information content (AvgIpc) is 2.39. The lowest BCUT2D eigenvalue weighted by atomic mass is 9.94. The minimum Gasteiger partial charge on any atom is -0.396 e. The molecule has 1 saturated heterocycles. The lowest BCUT2D eigenvalue weighted by molar-refractivity contribution is 0.244. The second kappa shape index (κ2) is 6.06. The average molecular weight is 261 g/mol. The summed E-state index contributed by atoms with van der Waals surface area (Å²) in [6, 6.07) is 6.11. The van der Waals surface area contributed by atoms with Crippen molar-refractivity contribution in [2.45, 2.75) is 26.2 Å². The smallest absolute Gasteiger partial charge is 0.124 e. The van der Waals surface area contributed by atoms with E-state index in [-0.39, 0.29) is 12.4 Å². The summed E-state index contributed by atoms with van der Waals surface area (Å²) in [4.78, 5) is 2.31. The van der Waals surface area contributed by atoms with Crippen molar-refractivity contribution >= 4 is 11.5 Å². The Balaban J connectivity index is 2.23. The van der Waals surface area contributed by atoms with Gasteiger partial charge in [-0.15, -0.1) is 0 Å². The van der Waals surface area contributed by atoms with Gasteiger partial charge in [0.15, 0.2) is 0 Å². The van der Waals surface area contributed by atoms with E-state index in [9.17, 15) is 0 Å². The molecule has 0 radical (unpaired) electrons. The van der Waals surface area contributed by atoms with Crippen LogP contribution in [0.4, 0.5) is 5.69 Å². The van der Waals surface area contributed by atoms with E-state index in [4.69, 9.17) is 16.2 Å². The molecule has 19 heavy (non-hydrogen) atoms. The number of piperidine rings is 1. The van der Waals surface area contributed by atoms with Crippen molar-refractivity contribution in [1.29, 1.82) is 5.41 Å². The highest BCUT2D eigenvalue weighted by Gasteiger charge is 2.22. The number of benzene rings is 1. The van der Waals surface area contributed by atoms with Crippen LogP contribution in [-0.2, 0) is 0 Å². The first-order valence-corrected chi connectivity index (χ1v) is 6.92. The molecule has 2 rings (SSSR count). The number of nitrogens with zero attached hydrogens (tertiary/aromatic N) is 1. The number of nitrogens with one attached hydrogen (secondary N) is 1. The molecule has 4 nitrogen and oxygen atoms in total. The van der Waals surface area contributed by atoms with Gasteiger partial charge < -0.3 is 15.7 Å². The van der Waals surface area contributed by atoms with Crippen molar-refractivity contribution < 1.29 is 5.11 Å². The van der Waals surface area contributed by atoms with Gasteiger partial charge in [-0.1, -0.05) is 11.6 Å². The Kier molecular flexibility index (Phi) is 4.43. The summed E-state index contributed by atoms with van der Waals surface area (Å²) in [6.07, 6.45) is 3.17. The fraction of sp³-hybridized carbons (Fsp3) is 0.533. The number of hydrogen-bond acceptors (Lipinski definition) is 3. The summed E-state index contributed by atoms with van der Waals surface area (Å²) in [5, 5.41) is 16.8. The van der Waals surface area contributed by atoms with Crippen molar-refractivity contribution in [2.24, 2.45) is 11.7 Å². The predicted octanol–water partition coefficient (Wildman–Crippen LogP) is 1.88. The zero-order valence-corrected chi connectivity index (χ0v) is 11.5. The van der Waals surface area contributed by atoms with Crippen LogP contribution in [-0.4, -0.2) is 30.6 Å². The Bertz CT molecular complexity index is 457. The normalized spacial score (nSPS) is 19.5. The first-order chi connectivity index (χ1) is 9.11. The fourth-order valence-electron chi connectivity index (χ4n) is 2.84. The van der Waals surface area contributed by atoms with Crippen molar-refractivity contribution in [3.63, 3.8) is 0 Å². The molecule has 0 bridgehead atoms. The molecule has 0 spiro atoms. The van der Waals surface area contributed by atoms with Crippen LogP contribution in [0.1, 0.15) is 30.4 Å². The quantitative estimate of drug-likeness (QED) is 0.572. The number of aliphatic hydroxyl groups is 1. The largest absolute Gasteiger partial charge is 0.396 e. The van der Waals surface area contributed by atoms with Crippen molar-refractivity contribution in [3.8, 4) is 0 Å². The van der Waals surface area contributed by atoms with Gasteiger partial charge in [-0.2, -0.15) is 0 Å². The number of rotatable bonds is 4. The van der Waals surface area contributed by atoms with E-state index >= 15 is 0 Å². The third-order valence-corrected chi connectivity index (χ3v) is 3.84. The molecule has 1 atom stereocenters. The van der Waals surface area contributed by atoms with Crippen LogP contribution in [0.25, 0.3) is 0 Å². The molecule has 1 aromatic carbocycles. The third kappa shape index (κ3) is 3.26. The van der Waals surface area contributed by atoms with Crippen LogP contribution in [0.2, 0.25) is 0 Å². The van der Waals surface area contributed by atoms with Gasteiger partial charge in [0.2, 0.25) is 0 Å². The van der Waals surface area contributed by atoms with Gasteiger partial charge in [-0.3, -0.25) is 5.41 Å². The molecule has 0 saturated carbocycles. The molecule has 1 fully saturated rings. The molecule has 4 N–H and O–H groups in total. The molecule has 1 unspecified atom stereocenters. The Morgan fingerprint density at radius 3 is 3.00 bits per heavy atom. The molecule has 0 aromatic heterocycles. The van der Waals surface area contributed by atoms with E-state index in [1.807, 2.05) is 13.0 Å². The second-order valence-electron chi connectivity index (χ2n) is 5.40. The maximum Gasteiger partial charge on any atom is 0.124 e. The van der Waals surface area contributed by atoms with E-state index in [2.05, 4.69) is 17.0 Å². The first kappa shape index (κ1) is 13.9. The summed E-state index contributed by atoms with van der Waals surface area (Å²) in [7, 11) is 0. The summed E-state index contributed by atoms with van der Waals surface area (Å²) in [5.74, 6) is 0.669. The van der Waals surface area contributed by atoms with Gasteiger partial charge in [-0.05, 0) is 44.2 Å². The molecule has 1 aliphatic rings. The van der Waals surface area contributed by atoms with Crippen LogP contribution >= 0.6 is 0 Å². The number of nitrogen functional groups attached to an aromatic ring is 1. The number of amidine groups is 1. The molecule has 1 aliphatic heterocycles. The predicted molar refractivity (Wildman–Crippen MR) is 78.8 cm³/mol. The topological polar surface area (TPSA) is 73.3 Å². The standard InChI is InChI=1S/C15H23N3O/c1-11-4-5-14(13(9-11)15(16)17)18-7-2-3-12(10-18)6-8-19/h4-5,9,12,19H,2-3,6-8,10H2,1H3,(H3,16,17). The maximum absolute atomic E-state index is 9.08. The Labute approximate surface area is 114 Å². The highest BCUT2D eigenvalue weighted by molar-refractivity contribution is 6.00. The summed E-state index contributed by atoms with van der Waals surface area (Å²) in [6.45, 7) is 4.22. The molecule has 4 heteroatoms. The molecule has 0 aliphatic carbocycles. The number of aryl methyl sites for hydroxylation is 1. The number of anilines is 1. The van der Waals surface area contributed by atoms with Crippen LogP contribution in [0, 0.1) is 18.3 Å². The van der Waals surface area contributed by atoms with E-state index in [1.165, 1.54) is 6.42 Å². The first-order valence-electron chi connectivity index (χ1n) is 6.92. The second-order valence-corrected chi connectivity index (χ2v) is 5.40.